The summed E-state index contributed by atoms with van der Waals surface area (Å²) in [5, 5.41) is 18.6. The second-order valence-electron chi connectivity index (χ2n) is 21.3. The number of fused-ring (bicyclic) bond motifs is 14. The molecule has 0 spiro atoms. The van der Waals surface area contributed by atoms with E-state index in [1.807, 2.05) is 0 Å². The highest BCUT2D eigenvalue weighted by molar-refractivity contribution is 5.18. The summed E-state index contributed by atoms with van der Waals surface area (Å²) in [4.78, 5) is 9.50. The summed E-state index contributed by atoms with van der Waals surface area (Å²) in [5.41, 5.74) is 0. The topological polar surface area (TPSA) is 63.5 Å². The quantitative estimate of drug-likeness (QED) is 0.221. The molecule has 7 aliphatic heterocycles. The summed E-state index contributed by atoms with van der Waals surface area (Å²) in [6.07, 6.45) is 16.2. The van der Waals surface area contributed by atoms with Gasteiger partial charge < -0.3 is 19.6 Å². The van der Waals surface area contributed by atoms with Crippen LogP contribution in [0.5, 0.6) is 0 Å². The van der Waals surface area contributed by atoms with Crippen LogP contribution < -0.4 is 31.1 Å². The Balaban J connectivity index is 1.14. The molecule has 7 heterocycles. The number of hydrogen-bond acceptors (Lipinski definition) is 6. The molecule has 4 aliphatic carbocycles. The number of rotatable bonds is 0. The van der Waals surface area contributed by atoms with Crippen molar-refractivity contribution in [1.29, 1.82) is 0 Å². The van der Waals surface area contributed by atoms with Crippen molar-refractivity contribution in [3.63, 3.8) is 0 Å². The Morgan fingerprint density at radius 2 is 0.640 bits per heavy atom. The van der Waals surface area contributed by atoms with E-state index >= 15 is 0 Å². The van der Waals surface area contributed by atoms with Crippen molar-refractivity contribution in [2.45, 2.75) is 156 Å². The minimum atomic E-state index is 0.373. The average molecular weight is 689 g/mol. The molecule has 4 saturated carbocycles. The Labute approximate surface area is 304 Å². The van der Waals surface area contributed by atoms with Gasteiger partial charge in [-0.05, 0) is 96.7 Å². The maximum absolute atomic E-state index is 5.12. The Hall–Kier alpha value is -0.320. The van der Waals surface area contributed by atoms with Gasteiger partial charge in [0.05, 0.1) is 0 Å². The highest BCUT2D eigenvalue weighted by Gasteiger charge is 2.71. The van der Waals surface area contributed by atoms with Crippen LogP contribution in [-0.2, 0) is 0 Å². The number of quaternary nitrogens is 2. The molecule has 7 saturated heterocycles. The lowest BCUT2D eigenvalue weighted by molar-refractivity contribution is -0.969. The van der Waals surface area contributed by atoms with Crippen LogP contribution in [0.1, 0.15) is 107 Å². The van der Waals surface area contributed by atoms with Crippen molar-refractivity contribution >= 4 is 0 Å². The summed E-state index contributed by atoms with van der Waals surface area (Å²) in [6.45, 7) is 21.0. The summed E-state index contributed by atoms with van der Waals surface area (Å²) in [6, 6.07) is 0. The smallest absolute Gasteiger partial charge is 0.125 e. The molecule has 11 rings (SSSR count). The molecule has 6 N–H and O–H groups in total. The second-order valence-corrected chi connectivity index (χ2v) is 21.3. The van der Waals surface area contributed by atoms with E-state index in [9.17, 15) is 0 Å². The van der Waals surface area contributed by atoms with Crippen molar-refractivity contribution < 1.29 is 9.80 Å². The first-order valence-corrected chi connectivity index (χ1v) is 22.1. The molecule has 0 radical (unpaired) electrons. The lowest BCUT2D eigenvalue weighted by atomic mass is 9.65. The standard InChI is InChI=1S/C42H72N8/c1-18-10-11-19(2)27-26(18)34-43-36-28-20(3)12-14-22(5)30(28)38-45-40-32-24(7)16-17-25(8)33(32)41-46-39-31-23(6)15-13-21(4)29(31)37(44-35(27)47(34)9)49(39)42(48(36)38)50(40)41/h18-41,43-47,50H,9-17H2,1-8H3. The second kappa shape index (κ2) is 11.4. The van der Waals surface area contributed by atoms with E-state index in [1.54, 1.807) is 11.2 Å². The van der Waals surface area contributed by atoms with E-state index in [4.69, 9.17) is 7.05 Å². The van der Waals surface area contributed by atoms with E-state index in [-0.39, 0.29) is 0 Å². The van der Waals surface area contributed by atoms with Gasteiger partial charge in [-0.25, -0.2) is 0 Å². The Morgan fingerprint density at radius 3 is 0.940 bits per heavy atom. The highest BCUT2D eigenvalue weighted by Crippen LogP contribution is 2.58. The van der Waals surface area contributed by atoms with Gasteiger partial charge in [0.2, 0.25) is 0 Å². The molecule has 11 fully saturated rings. The third kappa shape index (κ3) is 4.07. The van der Waals surface area contributed by atoms with E-state index < -0.39 is 0 Å². The van der Waals surface area contributed by atoms with Gasteiger partial charge in [0, 0.05) is 54.6 Å². The van der Waals surface area contributed by atoms with E-state index in [0.29, 0.717) is 84.8 Å². The maximum atomic E-state index is 5.12. The van der Waals surface area contributed by atoms with Crippen molar-refractivity contribution in [2.75, 3.05) is 0 Å². The molecule has 50 heavy (non-hydrogen) atoms. The van der Waals surface area contributed by atoms with E-state index in [2.05, 4.69) is 86.5 Å². The molecule has 280 valence electrons. The zero-order chi connectivity index (χ0) is 34.2. The Morgan fingerprint density at radius 1 is 0.400 bits per heavy atom. The molecule has 0 amide bonds. The molecule has 0 aromatic carbocycles. The van der Waals surface area contributed by atoms with Crippen molar-refractivity contribution in [3.05, 3.63) is 13.3 Å². The van der Waals surface area contributed by atoms with E-state index in [0.717, 1.165) is 59.2 Å². The van der Waals surface area contributed by atoms with Crippen LogP contribution in [0.4, 0.5) is 0 Å². The molecule has 24 atom stereocenters. The molecule has 2 bridgehead atoms. The predicted octanol–water partition coefficient (Wildman–Crippen LogP) is 2.85. The molecular formula is C42H72N8. The van der Waals surface area contributed by atoms with Crippen molar-refractivity contribution in [3.8, 4) is 0 Å². The van der Waals surface area contributed by atoms with Gasteiger partial charge in [-0.3, -0.25) is 21.3 Å². The predicted molar refractivity (Wildman–Crippen MR) is 195 cm³/mol. The lowest BCUT2D eigenvalue weighted by Gasteiger charge is -2.68. The molecule has 8 heteroatoms. The first-order valence-electron chi connectivity index (χ1n) is 22.1. The summed E-state index contributed by atoms with van der Waals surface area (Å²) >= 11 is 0. The third-order valence-electron chi connectivity index (χ3n) is 19.2. The molecule has 8 nitrogen and oxygen atoms in total. The number of hydrogen-bond donors (Lipinski definition) is 6. The molecular weight excluding hydrogens is 617 g/mol. The Kier molecular flexibility index (Phi) is 7.51. The van der Waals surface area contributed by atoms with Crippen molar-refractivity contribution in [1.82, 2.24) is 31.1 Å². The highest BCUT2D eigenvalue weighted by atomic mass is 15.7. The maximum Gasteiger partial charge on any atom is 0.125 e. The monoisotopic (exact) mass is 689 g/mol. The summed E-state index contributed by atoms with van der Waals surface area (Å²) in [5.74, 6) is 11.6. The van der Waals surface area contributed by atoms with Gasteiger partial charge >= 0.3 is 0 Å². The van der Waals surface area contributed by atoms with Gasteiger partial charge in [0.15, 0.2) is 0 Å². The van der Waals surface area contributed by atoms with Crippen LogP contribution in [0, 0.1) is 108 Å². The Bertz CT molecular complexity index is 1250. The van der Waals surface area contributed by atoms with Crippen molar-refractivity contribution in [2.24, 2.45) is 94.7 Å². The number of nitrogens with one attached hydrogen (secondary N) is 6. The summed E-state index contributed by atoms with van der Waals surface area (Å²) in [7, 11) is 5.12. The first-order chi connectivity index (χ1) is 24.1. The SMILES string of the molecule is [CH2-][NH+]1C2NC3C4C(C)CCC(C)C4C4NC5C6C(C)CCC(C)C6C6NC7C8C(C)CCC(C)C8C(NC1C1C(C)CCC(C)C12)N7[C-](N34)[NH+]56. The molecule has 0 aromatic rings. The van der Waals surface area contributed by atoms with Gasteiger partial charge in [0.1, 0.15) is 24.7 Å². The fourth-order valence-corrected chi connectivity index (χ4v) is 16.9. The van der Waals surface area contributed by atoms with Gasteiger partial charge in [-0.1, -0.05) is 81.1 Å². The van der Waals surface area contributed by atoms with Gasteiger partial charge in [-0.2, -0.15) is 0 Å². The van der Waals surface area contributed by atoms with Gasteiger partial charge in [-0.15, -0.1) is 7.05 Å². The summed E-state index contributed by atoms with van der Waals surface area (Å²) < 4.78 is 0. The average Bonchev–Trinajstić information content (AvgIpc) is 3.79. The van der Waals surface area contributed by atoms with Crippen LogP contribution in [-0.4, -0.2) is 59.1 Å². The fraction of sp³-hybridized carbons (Fsp3) is 0.952. The zero-order valence-electron chi connectivity index (χ0n) is 32.6. The largest absolute Gasteiger partial charge is 0.437 e. The lowest BCUT2D eigenvalue weighted by Crippen LogP contribution is -3.28. The van der Waals surface area contributed by atoms with Gasteiger partial charge in [0.25, 0.3) is 0 Å². The van der Waals surface area contributed by atoms with Crippen LogP contribution >= 0.6 is 0 Å². The third-order valence-corrected chi connectivity index (χ3v) is 19.2. The fourth-order valence-electron chi connectivity index (χ4n) is 16.9. The van der Waals surface area contributed by atoms with Crippen LogP contribution in [0.3, 0.4) is 0 Å². The van der Waals surface area contributed by atoms with Crippen LogP contribution in [0.15, 0.2) is 0 Å². The van der Waals surface area contributed by atoms with Crippen LogP contribution in [0.2, 0.25) is 0 Å². The van der Waals surface area contributed by atoms with Crippen LogP contribution in [0.25, 0.3) is 0 Å². The zero-order valence-corrected chi connectivity index (χ0v) is 32.6. The normalized spacial score (nSPS) is 65.7. The minimum Gasteiger partial charge on any atom is -0.437 e. The molecule has 11 aliphatic rings. The molecule has 0 aromatic heterocycles. The minimum absolute atomic E-state index is 0.373. The molecule has 24 unspecified atom stereocenters. The van der Waals surface area contributed by atoms with E-state index in [1.165, 1.54) is 56.3 Å². The first kappa shape index (κ1) is 33.1. The number of nitrogens with zero attached hydrogens (tertiary/aromatic N) is 2.